The molecule has 1 aromatic rings. The van der Waals surface area contributed by atoms with Crippen molar-refractivity contribution in [1.82, 2.24) is 4.90 Å². The Bertz CT molecular complexity index is 654. The Labute approximate surface area is 141 Å². The van der Waals surface area contributed by atoms with E-state index in [2.05, 4.69) is 0 Å². The first-order valence-electron chi connectivity index (χ1n) is 8.23. The van der Waals surface area contributed by atoms with Gasteiger partial charge in [-0.25, -0.2) is 0 Å². The maximum absolute atomic E-state index is 13.5. The lowest BCUT2D eigenvalue weighted by Gasteiger charge is -2.28. The van der Waals surface area contributed by atoms with E-state index in [9.17, 15) is 18.0 Å². The van der Waals surface area contributed by atoms with Crippen LogP contribution in [0.4, 0.5) is 13.2 Å². The van der Waals surface area contributed by atoms with Crippen LogP contribution in [-0.2, 0) is 16.4 Å². The van der Waals surface area contributed by atoms with E-state index in [-0.39, 0.29) is 16.9 Å². The third-order valence-electron chi connectivity index (χ3n) is 4.40. The van der Waals surface area contributed by atoms with Crippen LogP contribution < -0.4 is 0 Å². The minimum absolute atomic E-state index is 0.0319. The van der Waals surface area contributed by atoms with Gasteiger partial charge < -0.3 is 4.90 Å². The fraction of sp³-hybridized carbons (Fsp3) is 0.526. The average molecular weight is 339 g/mol. The van der Waals surface area contributed by atoms with Crippen LogP contribution in [0.5, 0.6) is 0 Å². The highest BCUT2D eigenvalue weighted by Gasteiger charge is 2.35. The molecule has 132 valence electrons. The van der Waals surface area contributed by atoms with E-state index in [0.717, 1.165) is 0 Å². The van der Waals surface area contributed by atoms with E-state index in [0.29, 0.717) is 37.1 Å². The van der Waals surface area contributed by atoms with Crippen molar-refractivity contribution in [1.29, 1.82) is 0 Å². The van der Waals surface area contributed by atoms with Gasteiger partial charge in [-0.3, -0.25) is 4.79 Å². The predicted octanol–water partition coefficient (Wildman–Crippen LogP) is 5.03. The minimum Gasteiger partial charge on any atom is -0.339 e. The number of halogens is 3. The first-order chi connectivity index (χ1) is 11.0. The Morgan fingerprint density at radius 1 is 1.21 bits per heavy atom. The number of carbonyl (C=O) groups is 1. The average Bonchev–Trinajstić information content (AvgIpc) is 2.52. The molecule has 0 aromatic heterocycles. The quantitative estimate of drug-likeness (QED) is 0.740. The van der Waals surface area contributed by atoms with Gasteiger partial charge in [-0.1, -0.05) is 45.9 Å². The zero-order valence-corrected chi connectivity index (χ0v) is 14.6. The smallest absolute Gasteiger partial charge is 0.339 e. The number of hydrogen-bond donors (Lipinski definition) is 0. The van der Waals surface area contributed by atoms with Gasteiger partial charge in [0.05, 0.1) is 5.56 Å². The summed E-state index contributed by atoms with van der Waals surface area (Å²) in [5.41, 5.74) is 0.639. The van der Waals surface area contributed by atoms with Crippen LogP contribution in [0.2, 0.25) is 0 Å². The summed E-state index contributed by atoms with van der Waals surface area (Å²) in [6.07, 6.45) is -1.78. The highest BCUT2D eigenvalue weighted by molar-refractivity contribution is 5.78. The van der Waals surface area contributed by atoms with Crippen molar-refractivity contribution < 1.29 is 18.0 Å². The van der Waals surface area contributed by atoms with Crippen molar-refractivity contribution in [3.63, 3.8) is 0 Å². The lowest BCUT2D eigenvalue weighted by molar-refractivity contribution is -0.138. The zero-order chi connectivity index (χ0) is 18.1. The van der Waals surface area contributed by atoms with Crippen molar-refractivity contribution in [3.8, 4) is 0 Å². The highest BCUT2D eigenvalue weighted by Crippen LogP contribution is 2.39. The van der Waals surface area contributed by atoms with Gasteiger partial charge in [0.15, 0.2) is 0 Å². The lowest BCUT2D eigenvalue weighted by Crippen LogP contribution is -2.34. The van der Waals surface area contributed by atoms with Crippen molar-refractivity contribution >= 4 is 11.5 Å². The van der Waals surface area contributed by atoms with Crippen LogP contribution in [0, 0.1) is 0 Å². The first kappa shape index (κ1) is 18.6. The van der Waals surface area contributed by atoms with Gasteiger partial charge in [0, 0.05) is 19.5 Å². The third-order valence-corrected chi connectivity index (χ3v) is 4.40. The Kier molecular flexibility index (Phi) is 5.11. The number of amides is 1. The fourth-order valence-electron chi connectivity index (χ4n) is 2.89. The monoisotopic (exact) mass is 339 g/mol. The molecule has 0 saturated heterocycles. The number of nitrogens with zero attached hydrogens (tertiary/aromatic N) is 1. The summed E-state index contributed by atoms with van der Waals surface area (Å²) >= 11 is 0. The third kappa shape index (κ3) is 4.00. The van der Waals surface area contributed by atoms with Crippen LogP contribution in [0.3, 0.4) is 0 Å². The van der Waals surface area contributed by atoms with Gasteiger partial charge in [0.1, 0.15) is 0 Å². The number of rotatable bonds is 2. The molecule has 0 saturated carbocycles. The molecule has 24 heavy (non-hydrogen) atoms. The van der Waals surface area contributed by atoms with E-state index in [1.807, 2.05) is 20.8 Å². The van der Waals surface area contributed by atoms with Crippen LogP contribution >= 0.6 is 0 Å². The van der Waals surface area contributed by atoms with E-state index < -0.39 is 11.7 Å². The first-order valence-corrected chi connectivity index (χ1v) is 8.23. The minimum atomic E-state index is -4.40. The highest BCUT2D eigenvalue weighted by atomic mass is 19.4. The zero-order valence-electron chi connectivity index (χ0n) is 14.6. The molecule has 1 aliphatic rings. The summed E-state index contributed by atoms with van der Waals surface area (Å²) in [5.74, 6) is 0.0319. The van der Waals surface area contributed by atoms with Gasteiger partial charge in [0.2, 0.25) is 5.91 Å². The standard InChI is InChI=1S/C19H24F3NO/c1-5-17(24)23-10-8-13(9-11-23)15-7-6-14(18(2,3)4)12-16(15)19(20,21)22/h6-8,12H,5,9-11H2,1-4H3. The van der Waals surface area contributed by atoms with Gasteiger partial charge in [-0.2, -0.15) is 13.2 Å². The molecule has 0 aliphatic carbocycles. The molecule has 0 spiro atoms. The van der Waals surface area contributed by atoms with E-state index in [1.165, 1.54) is 6.07 Å². The summed E-state index contributed by atoms with van der Waals surface area (Å²) in [5, 5.41) is 0. The molecule has 2 nitrogen and oxygen atoms in total. The van der Waals surface area contributed by atoms with Crippen molar-refractivity contribution in [2.75, 3.05) is 13.1 Å². The maximum atomic E-state index is 13.5. The summed E-state index contributed by atoms with van der Waals surface area (Å²) in [6.45, 7) is 8.33. The largest absolute Gasteiger partial charge is 0.417 e. The molecule has 0 atom stereocenters. The van der Waals surface area contributed by atoms with Gasteiger partial charge in [-0.15, -0.1) is 0 Å². The molecule has 1 aromatic carbocycles. The summed E-state index contributed by atoms with van der Waals surface area (Å²) in [6, 6.07) is 4.61. The molecule has 1 amide bonds. The van der Waals surface area contributed by atoms with Crippen molar-refractivity contribution in [2.45, 2.75) is 52.1 Å². The molecule has 0 fully saturated rings. The Hall–Kier alpha value is -1.78. The molecule has 0 radical (unpaired) electrons. The molecule has 2 rings (SSSR count). The number of hydrogen-bond acceptors (Lipinski definition) is 1. The van der Waals surface area contributed by atoms with Gasteiger partial charge >= 0.3 is 6.18 Å². The summed E-state index contributed by atoms with van der Waals surface area (Å²) in [4.78, 5) is 13.4. The lowest BCUT2D eigenvalue weighted by atomic mass is 9.83. The molecule has 1 aliphatic heterocycles. The van der Waals surface area contributed by atoms with Gasteiger partial charge in [-0.05, 0) is 34.6 Å². The SMILES string of the molecule is CCC(=O)N1CC=C(c2ccc(C(C)(C)C)cc2C(F)(F)F)CC1. The van der Waals surface area contributed by atoms with Crippen LogP contribution in [0.15, 0.2) is 24.3 Å². The van der Waals surface area contributed by atoms with Crippen molar-refractivity contribution in [2.24, 2.45) is 0 Å². The molecule has 0 unspecified atom stereocenters. The molecule has 0 bridgehead atoms. The van der Waals surface area contributed by atoms with Crippen LogP contribution in [0.25, 0.3) is 5.57 Å². The number of carbonyl (C=O) groups excluding carboxylic acids is 1. The molecule has 1 heterocycles. The van der Waals surface area contributed by atoms with Crippen molar-refractivity contribution in [3.05, 3.63) is 41.0 Å². The second-order valence-corrected chi connectivity index (χ2v) is 7.18. The summed E-state index contributed by atoms with van der Waals surface area (Å²) < 4.78 is 40.6. The normalized spacial score (nSPS) is 16.1. The van der Waals surface area contributed by atoms with E-state index in [1.54, 1.807) is 30.0 Å². The molecular formula is C19H24F3NO. The van der Waals surface area contributed by atoms with E-state index >= 15 is 0 Å². The number of alkyl halides is 3. The summed E-state index contributed by atoms with van der Waals surface area (Å²) in [7, 11) is 0. The van der Waals surface area contributed by atoms with E-state index in [4.69, 9.17) is 0 Å². The Morgan fingerprint density at radius 2 is 1.88 bits per heavy atom. The second-order valence-electron chi connectivity index (χ2n) is 7.18. The molecule has 0 N–H and O–H groups in total. The Morgan fingerprint density at radius 3 is 2.33 bits per heavy atom. The van der Waals surface area contributed by atoms with Gasteiger partial charge in [0.25, 0.3) is 0 Å². The Balaban J connectivity index is 2.41. The molecular weight excluding hydrogens is 315 g/mol. The predicted molar refractivity (Wildman–Crippen MR) is 89.6 cm³/mol. The van der Waals surface area contributed by atoms with Crippen LogP contribution in [0.1, 0.15) is 57.2 Å². The van der Waals surface area contributed by atoms with Crippen LogP contribution in [-0.4, -0.2) is 23.9 Å². The maximum Gasteiger partial charge on any atom is 0.417 e. The fourth-order valence-corrected chi connectivity index (χ4v) is 2.89. The topological polar surface area (TPSA) is 20.3 Å². The second kappa shape index (κ2) is 6.61. The number of benzene rings is 1. The molecule has 5 heteroatoms.